The number of hydrogen-bond acceptors (Lipinski definition) is 5. The van der Waals surface area contributed by atoms with Crippen molar-refractivity contribution in [3.05, 3.63) is 71.9 Å². The van der Waals surface area contributed by atoms with E-state index in [1.165, 1.54) is 12.1 Å². The first-order valence-corrected chi connectivity index (χ1v) is 8.38. The molecule has 3 rings (SSSR count). The maximum atomic E-state index is 13.4. The second-order valence-corrected chi connectivity index (χ2v) is 5.67. The lowest BCUT2D eigenvalue weighted by atomic mass is 10.2. The smallest absolute Gasteiger partial charge is 0.423 e. The van der Waals surface area contributed by atoms with E-state index in [1.807, 2.05) is 0 Å². The van der Waals surface area contributed by atoms with Crippen LogP contribution in [0.5, 0.6) is 11.6 Å². The Morgan fingerprint density at radius 1 is 1.07 bits per heavy atom. The van der Waals surface area contributed by atoms with E-state index < -0.39 is 17.6 Å². The summed E-state index contributed by atoms with van der Waals surface area (Å²) in [5, 5.41) is 9.32. The number of para-hydroxylation sites is 2. The number of anilines is 2. The lowest BCUT2D eigenvalue weighted by Crippen LogP contribution is -2.21. The number of halogens is 3. The number of alkyl halides is 3. The van der Waals surface area contributed by atoms with E-state index in [0.29, 0.717) is 24.0 Å². The molecule has 28 heavy (non-hydrogen) atoms. The standard InChI is InChI=1S/C20H15F3N4O/c1-2-27(17-11-7-6-8-14(17)12-24)19-25-13-16(20(21,22)23)18(26-19)28-15-9-4-3-5-10-15/h3-11,13H,2H2,1H3. The highest BCUT2D eigenvalue weighted by Crippen LogP contribution is 2.38. The maximum absolute atomic E-state index is 13.4. The summed E-state index contributed by atoms with van der Waals surface area (Å²) in [6.07, 6.45) is -3.98. The molecule has 0 radical (unpaired) electrons. The normalized spacial score (nSPS) is 11.0. The minimum absolute atomic E-state index is 0.00383. The first-order valence-electron chi connectivity index (χ1n) is 8.38. The fourth-order valence-electron chi connectivity index (χ4n) is 2.58. The fraction of sp³-hybridized carbons (Fsp3) is 0.150. The molecule has 2 aromatic carbocycles. The molecule has 0 aliphatic rings. The molecule has 0 atom stereocenters. The molecule has 1 aromatic heterocycles. The molecule has 0 aliphatic heterocycles. The largest absolute Gasteiger partial charge is 0.438 e. The average molecular weight is 384 g/mol. The Morgan fingerprint density at radius 3 is 2.39 bits per heavy atom. The number of nitriles is 1. The van der Waals surface area contributed by atoms with Crippen LogP contribution in [-0.4, -0.2) is 16.5 Å². The van der Waals surface area contributed by atoms with E-state index in [1.54, 1.807) is 54.3 Å². The summed E-state index contributed by atoms with van der Waals surface area (Å²) in [6.45, 7) is 2.13. The van der Waals surface area contributed by atoms with Crippen LogP contribution in [0.25, 0.3) is 0 Å². The Bertz CT molecular complexity index is 1000. The Hall–Kier alpha value is -3.60. The van der Waals surface area contributed by atoms with Gasteiger partial charge in [0, 0.05) is 12.7 Å². The van der Waals surface area contributed by atoms with E-state index in [4.69, 9.17) is 4.74 Å². The number of nitrogens with zero attached hydrogens (tertiary/aromatic N) is 4. The summed E-state index contributed by atoms with van der Waals surface area (Å²) in [5.74, 6) is -0.376. The van der Waals surface area contributed by atoms with Gasteiger partial charge in [0.2, 0.25) is 11.8 Å². The van der Waals surface area contributed by atoms with Gasteiger partial charge in [-0.2, -0.15) is 23.4 Å². The van der Waals surface area contributed by atoms with Crippen molar-refractivity contribution < 1.29 is 17.9 Å². The van der Waals surface area contributed by atoms with E-state index in [9.17, 15) is 18.4 Å². The zero-order chi connectivity index (χ0) is 20.1. The number of aromatic nitrogens is 2. The van der Waals surface area contributed by atoms with Gasteiger partial charge in [-0.25, -0.2) is 4.98 Å². The third-order valence-corrected chi connectivity index (χ3v) is 3.88. The second kappa shape index (κ2) is 7.96. The van der Waals surface area contributed by atoms with Crippen molar-refractivity contribution in [3.8, 4) is 17.7 Å². The van der Waals surface area contributed by atoms with Gasteiger partial charge in [-0.1, -0.05) is 30.3 Å². The molecule has 1 heterocycles. The van der Waals surface area contributed by atoms with Crippen LogP contribution in [0.1, 0.15) is 18.1 Å². The van der Waals surface area contributed by atoms with Crippen LogP contribution in [-0.2, 0) is 6.18 Å². The molecule has 0 fully saturated rings. The predicted molar refractivity (Wildman–Crippen MR) is 97.4 cm³/mol. The lowest BCUT2D eigenvalue weighted by molar-refractivity contribution is -0.139. The van der Waals surface area contributed by atoms with Crippen LogP contribution in [0.15, 0.2) is 60.8 Å². The molecule has 0 unspecified atom stereocenters. The van der Waals surface area contributed by atoms with Crippen molar-refractivity contribution in [1.82, 2.24) is 9.97 Å². The zero-order valence-electron chi connectivity index (χ0n) is 14.8. The van der Waals surface area contributed by atoms with Gasteiger partial charge in [-0.15, -0.1) is 0 Å². The number of ether oxygens (including phenoxy) is 1. The summed E-state index contributed by atoms with van der Waals surface area (Å²) in [5.41, 5.74) is -0.221. The van der Waals surface area contributed by atoms with Crippen LogP contribution < -0.4 is 9.64 Å². The van der Waals surface area contributed by atoms with Gasteiger partial charge in [-0.05, 0) is 31.2 Å². The topological polar surface area (TPSA) is 62.0 Å². The van der Waals surface area contributed by atoms with Gasteiger partial charge in [0.15, 0.2) is 0 Å². The second-order valence-electron chi connectivity index (χ2n) is 5.67. The monoisotopic (exact) mass is 384 g/mol. The Balaban J connectivity index is 2.09. The molecule has 142 valence electrons. The summed E-state index contributed by atoms with van der Waals surface area (Å²) in [7, 11) is 0. The van der Waals surface area contributed by atoms with Crippen LogP contribution >= 0.6 is 0 Å². The predicted octanol–water partition coefficient (Wildman–Crippen LogP) is 5.32. The molecule has 0 N–H and O–H groups in total. The molecule has 0 saturated heterocycles. The Labute approximate surface area is 159 Å². The molecule has 5 nitrogen and oxygen atoms in total. The van der Waals surface area contributed by atoms with Gasteiger partial charge in [0.05, 0.1) is 11.3 Å². The summed E-state index contributed by atoms with van der Waals surface area (Å²) in [4.78, 5) is 9.45. The summed E-state index contributed by atoms with van der Waals surface area (Å²) < 4.78 is 45.6. The third kappa shape index (κ3) is 4.04. The zero-order valence-corrected chi connectivity index (χ0v) is 14.8. The van der Waals surface area contributed by atoms with Crippen LogP contribution in [0.4, 0.5) is 24.8 Å². The Kier molecular flexibility index (Phi) is 5.45. The average Bonchev–Trinajstić information content (AvgIpc) is 2.69. The summed E-state index contributed by atoms with van der Waals surface area (Å²) in [6, 6.07) is 16.9. The lowest BCUT2D eigenvalue weighted by Gasteiger charge is -2.23. The van der Waals surface area contributed by atoms with Gasteiger partial charge >= 0.3 is 6.18 Å². The minimum atomic E-state index is -4.68. The molecule has 8 heteroatoms. The summed E-state index contributed by atoms with van der Waals surface area (Å²) >= 11 is 0. The quantitative estimate of drug-likeness (QED) is 0.596. The molecule has 0 bridgehead atoms. The van der Waals surface area contributed by atoms with Gasteiger partial charge in [0.1, 0.15) is 17.4 Å². The highest BCUT2D eigenvalue weighted by molar-refractivity contribution is 5.65. The van der Waals surface area contributed by atoms with Crippen molar-refractivity contribution in [1.29, 1.82) is 5.26 Å². The molecule has 3 aromatic rings. The highest BCUT2D eigenvalue weighted by atomic mass is 19.4. The molecular weight excluding hydrogens is 369 g/mol. The van der Waals surface area contributed by atoms with E-state index in [0.717, 1.165) is 0 Å². The SMILES string of the molecule is CCN(c1ncc(C(F)(F)F)c(Oc2ccccc2)n1)c1ccccc1C#N. The van der Waals surface area contributed by atoms with Gasteiger partial charge < -0.3 is 9.64 Å². The molecule has 0 amide bonds. The molecule has 0 spiro atoms. The van der Waals surface area contributed by atoms with Gasteiger partial charge in [0.25, 0.3) is 0 Å². The van der Waals surface area contributed by atoms with Crippen LogP contribution in [0.2, 0.25) is 0 Å². The number of benzene rings is 2. The van der Waals surface area contributed by atoms with Gasteiger partial charge in [-0.3, -0.25) is 0 Å². The fourth-order valence-corrected chi connectivity index (χ4v) is 2.58. The number of hydrogen-bond donors (Lipinski definition) is 0. The van der Waals surface area contributed by atoms with E-state index >= 15 is 0 Å². The maximum Gasteiger partial charge on any atom is 0.423 e. The van der Waals surface area contributed by atoms with Crippen molar-refractivity contribution in [3.63, 3.8) is 0 Å². The Morgan fingerprint density at radius 2 is 1.75 bits per heavy atom. The molecule has 0 aliphatic carbocycles. The van der Waals surface area contributed by atoms with Crippen LogP contribution in [0, 0.1) is 11.3 Å². The first-order chi connectivity index (χ1) is 13.4. The van der Waals surface area contributed by atoms with Crippen molar-refractivity contribution in [2.45, 2.75) is 13.1 Å². The van der Waals surface area contributed by atoms with Crippen LogP contribution in [0.3, 0.4) is 0 Å². The highest BCUT2D eigenvalue weighted by Gasteiger charge is 2.37. The van der Waals surface area contributed by atoms with E-state index in [-0.39, 0.29) is 11.7 Å². The van der Waals surface area contributed by atoms with Crippen molar-refractivity contribution in [2.75, 3.05) is 11.4 Å². The molecule has 0 saturated carbocycles. The number of rotatable bonds is 5. The minimum Gasteiger partial charge on any atom is -0.438 e. The van der Waals surface area contributed by atoms with Crippen molar-refractivity contribution in [2.24, 2.45) is 0 Å². The molecular formula is C20H15F3N4O. The van der Waals surface area contributed by atoms with Crippen molar-refractivity contribution >= 4 is 11.6 Å². The van der Waals surface area contributed by atoms with E-state index in [2.05, 4.69) is 16.0 Å². The third-order valence-electron chi connectivity index (χ3n) is 3.88. The first kappa shape index (κ1) is 19.2.